The first-order valence-corrected chi connectivity index (χ1v) is 6.10. The Kier molecular flexibility index (Phi) is 2.36. The Bertz CT molecular complexity index is 393. The predicted octanol–water partition coefficient (Wildman–Crippen LogP) is 1.60. The monoisotopic (exact) mass is 218 g/mol. The minimum Gasteiger partial charge on any atom is -0.393 e. The molecule has 86 valence electrons. The lowest BCUT2D eigenvalue weighted by molar-refractivity contribution is 0.133. The lowest BCUT2D eigenvalue weighted by Crippen LogP contribution is -2.24. The number of aliphatic hydroxyl groups is 1. The number of aryl methyl sites for hydroxylation is 1. The molecule has 3 heteroatoms. The van der Waals surface area contributed by atoms with E-state index < -0.39 is 0 Å². The number of anilines is 1. The molecule has 0 aromatic carbocycles. The number of hydrogen-bond donors (Lipinski definition) is 1. The predicted molar refractivity (Wildman–Crippen MR) is 63.4 cm³/mol. The highest BCUT2D eigenvalue weighted by Gasteiger charge is 2.41. The number of aromatic nitrogens is 1. The van der Waals surface area contributed by atoms with Gasteiger partial charge >= 0.3 is 0 Å². The standard InChI is InChI=1S/C13H18N2O/c1-9-6-11(4-5-14-9)15-7-10-2-3-13(16)12(10)8-15/h4-6,10,12-13,16H,2-3,7-8H2,1H3. The van der Waals surface area contributed by atoms with Crippen molar-refractivity contribution in [3.63, 3.8) is 0 Å². The minimum absolute atomic E-state index is 0.0714. The second-order valence-corrected chi connectivity index (χ2v) is 5.13. The van der Waals surface area contributed by atoms with Crippen LogP contribution in [0.3, 0.4) is 0 Å². The van der Waals surface area contributed by atoms with E-state index in [1.807, 2.05) is 13.1 Å². The van der Waals surface area contributed by atoms with Crippen LogP contribution in [0.4, 0.5) is 5.69 Å². The van der Waals surface area contributed by atoms with Crippen LogP contribution in [-0.2, 0) is 0 Å². The fourth-order valence-electron chi connectivity index (χ4n) is 3.17. The van der Waals surface area contributed by atoms with E-state index in [9.17, 15) is 5.11 Å². The summed E-state index contributed by atoms with van der Waals surface area (Å²) in [4.78, 5) is 6.62. The van der Waals surface area contributed by atoms with Crippen molar-refractivity contribution < 1.29 is 5.11 Å². The van der Waals surface area contributed by atoms with Gasteiger partial charge in [0.15, 0.2) is 0 Å². The summed E-state index contributed by atoms with van der Waals surface area (Å²) < 4.78 is 0. The van der Waals surface area contributed by atoms with Gasteiger partial charge in [-0.05, 0) is 37.8 Å². The molecule has 1 N–H and O–H groups in total. The van der Waals surface area contributed by atoms with Gasteiger partial charge in [0.05, 0.1) is 6.10 Å². The highest BCUT2D eigenvalue weighted by molar-refractivity contribution is 5.47. The van der Waals surface area contributed by atoms with E-state index in [0.717, 1.165) is 25.2 Å². The average Bonchev–Trinajstić information content (AvgIpc) is 2.81. The van der Waals surface area contributed by atoms with Crippen LogP contribution in [0.2, 0.25) is 0 Å². The van der Waals surface area contributed by atoms with Gasteiger partial charge in [0.25, 0.3) is 0 Å². The van der Waals surface area contributed by atoms with E-state index in [2.05, 4.69) is 22.0 Å². The van der Waals surface area contributed by atoms with E-state index in [0.29, 0.717) is 11.8 Å². The smallest absolute Gasteiger partial charge is 0.0588 e. The molecule has 16 heavy (non-hydrogen) atoms. The number of nitrogens with zero attached hydrogens (tertiary/aromatic N) is 2. The topological polar surface area (TPSA) is 36.4 Å². The maximum atomic E-state index is 9.88. The molecule has 3 nitrogen and oxygen atoms in total. The maximum Gasteiger partial charge on any atom is 0.0588 e. The van der Waals surface area contributed by atoms with Crippen molar-refractivity contribution in [1.82, 2.24) is 4.98 Å². The molecule has 0 bridgehead atoms. The molecule has 1 aliphatic heterocycles. The van der Waals surface area contributed by atoms with Crippen LogP contribution in [0.15, 0.2) is 18.3 Å². The highest BCUT2D eigenvalue weighted by Crippen LogP contribution is 2.39. The Morgan fingerprint density at radius 3 is 3.00 bits per heavy atom. The van der Waals surface area contributed by atoms with Crippen LogP contribution in [0.25, 0.3) is 0 Å². The third-order valence-corrected chi connectivity index (χ3v) is 4.06. The summed E-state index contributed by atoms with van der Waals surface area (Å²) in [6, 6.07) is 4.20. The normalized spacial score (nSPS) is 33.1. The molecule has 1 aromatic rings. The number of fused-ring (bicyclic) bond motifs is 1. The largest absolute Gasteiger partial charge is 0.393 e. The summed E-state index contributed by atoms with van der Waals surface area (Å²) in [5, 5.41) is 9.88. The summed E-state index contributed by atoms with van der Waals surface area (Å²) in [5.74, 6) is 1.19. The first-order chi connectivity index (χ1) is 7.74. The molecule has 2 heterocycles. The number of aliphatic hydroxyl groups excluding tert-OH is 1. The number of pyridine rings is 1. The Hall–Kier alpha value is -1.09. The molecule has 1 saturated carbocycles. The van der Waals surface area contributed by atoms with Crippen molar-refractivity contribution in [2.24, 2.45) is 11.8 Å². The molecule has 1 aliphatic carbocycles. The molecular formula is C13H18N2O. The average molecular weight is 218 g/mol. The van der Waals surface area contributed by atoms with Crippen molar-refractivity contribution in [3.8, 4) is 0 Å². The highest BCUT2D eigenvalue weighted by atomic mass is 16.3. The van der Waals surface area contributed by atoms with Gasteiger partial charge in [-0.2, -0.15) is 0 Å². The van der Waals surface area contributed by atoms with Crippen LogP contribution >= 0.6 is 0 Å². The summed E-state index contributed by atoms with van der Waals surface area (Å²) in [6.45, 7) is 4.13. The Labute approximate surface area is 96.1 Å². The molecule has 0 amide bonds. The molecule has 2 aliphatic rings. The zero-order valence-electron chi connectivity index (χ0n) is 9.63. The Balaban J connectivity index is 1.79. The third kappa shape index (κ3) is 1.59. The minimum atomic E-state index is -0.0714. The van der Waals surface area contributed by atoms with Crippen LogP contribution in [-0.4, -0.2) is 29.3 Å². The van der Waals surface area contributed by atoms with Gasteiger partial charge in [0, 0.05) is 36.6 Å². The molecule has 0 radical (unpaired) electrons. The van der Waals surface area contributed by atoms with Crippen molar-refractivity contribution in [2.75, 3.05) is 18.0 Å². The SMILES string of the molecule is Cc1cc(N2CC3CCC(O)C3C2)ccn1. The van der Waals surface area contributed by atoms with Crippen molar-refractivity contribution >= 4 is 5.69 Å². The zero-order chi connectivity index (χ0) is 11.1. The molecule has 0 spiro atoms. The van der Waals surface area contributed by atoms with E-state index in [4.69, 9.17) is 0 Å². The zero-order valence-corrected chi connectivity index (χ0v) is 9.63. The second kappa shape index (κ2) is 3.74. The van der Waals surface area contributed by atoms with E-state index in [1.165, 1.54) is 12.1 Å². The molecule has 1 saturated heterocycles. The lowest BCUT2D eigenvalue weighted by Gasteiger charge is -2.20. The number of rotatable bonds is 1. The first-order valence-electron chi connectivity index (χ1n) is 6.10. The third-order valence-electron chi connectivity index (χ3n) is 4.06. The van der Waals surface area contributed by atoms with Crippen LogP contribution in [0.1, 0.15) is 18.5 Å². The lowest BCUT2D eigenvalue weighted by atomic mass is 10.00. The van der Waals surface area contributed by atoms with Gasteiger partial charge in [-0.3, -0.25) is 4.98 Å². The van der Waals surface area contributed by atoms with Crippen LogP contribution in [0.5, 0.6) is 0 Å². The van der Waals surface area contributed by atoms with Crippen LogP contribution in [0, 0.1) is 18.8 Å². The van der Waals surface area contributed by atoms with E-state index in [-0.39, 0.29) is 6.10 Å². The summed E-state index contributed by atoms with van der Waals surface area (Å²) in [5.41, 5.74) is 2.32. The molecule has 3 atom stereocenters. The molecule has 3 unspecified atom stereocenters. The molecular weight excluding hydrogens is 200 g/mol. The summed E-state index contributed by atoms with van der Waals surface area (Å²) in [7, 11) is 0. The van der Waals surface area contributed by atoms with Gasteiger partial charge in [-0.15, -0.1) is 0 Å². The second-order valence-electron chi connectivity index (χ2n) is 5.13. The van der Waals surface area contributed by atoms with Crippen molar-refractivity contribution in [2.45, 2.75) is 25.9 Å². The van der Waals surface area contributed by atoms with Gasteiger partial charge in [0.1, 0.15) is 0 Å². The molecule has 3 rings (SSSR count). The molecule has 2 fully saturated rings. The van der Waals surface area contributed by atoms with Gasteiger partial charge in [-0.1, -0.05) is 0 Å². The first kappa shape index (κ1) is 10.1. The van der Waals surface area contributed by atoms with Gasteiger partial charge in [0.2, 0.25) is 0 Å². The van der Waals surface area contributed by atoms with Gasteiger partial charge < -0.3 is 10.0 Å². The van der Waals surface area contributed by atoms with Crippen molar-refractivity contribution in [1.29, 1.82) is 0 Å². The fraction of sp³-hybridized carbons (Fsp3) is 0.615. The Morgan fingerprint density at radius 2 is 2.25 bits per heavy atom. The fourth-order valence-corrected chi connectivity index (χ4v) is 3.17. The van der Waals surface area contributed by atoms with Gasteiger partial charge in [-0.25, -0.2) is 0 Å². The summed E-state index contributed by atoms with van der Waals surface area (Å²) in [6.07, 6.45) is 3.98. The number of hydrogen-bond acceptors (Lipinski definition) is 3. The maximum absolute atomic E-state index is 9.88. The quantitative estimate of drug-likeness (QED) is 0.777. The van der Waals surface area contributed by atoms with E-state index >= 15 is 0 Å². The van der Waals surface area contributed by atoms with Crippen LogP contribution < -0.4 is 4.90 Å². The van der Waals surface area contributed by atoms with E-state index in [1.54, 1.807) is 0 Å². The summed E-state index contributed by atoms with van der Waals surface area (Å²) >= 11 is 0. The van der Waals surface area contributed by atoms with Crippen molar-refractivity contribution in [3.05, 3.63) is 24.0 Å². The Morgan fingerprint density at radius 1 is 1.38 bits per heavy atom. The molecule has 1 aromatic heterocycles.